The topological polar surface area (TPSA) is 43.3 Å². The van der Waals surface area contributed by atoms with Crippen LogP contribution in [0.2, 0.25) is 0 Å². The second kappa shape index (κ2) is 6.22. The summed E-state index contributed by atoms with van der Waals surface area (Å²) in [6.45, 7) is 4.19. The molecule has 0 saturated heterocycles. The van der Waals surface area contributed by atoms with E-state index in [0.29, 0.717) is 0 Å². The number of rotatable bonds is 2. The first-order valence-corrected chi connectivity index (χ1v) is 5.57. The molecule has 0 heterocycles. The fraction of sp³-hybridized carbons (Fsp3) is 0.200. The maximum Gasteiger partial charge on any atom is 1.00 e. The van der Waals surface area contributed by atoms with Gasteiger partial charge in [-0.15, -0.1) is 5.75 Å². The Morgan fingerprint density at radius 2 is 1.22 bits per heavy atom. The molecule has 2 nitrogen and oxygen atoms in total. The van der Waals surface area contributed by atoms with E-state index in [4.69, 9.17) is 0 Å². The van der Waals surface area contributed by atoms with Crippen LogP contribution < -0.4 is 56.5 Å². The SMILES string of the molecule is CC(C)(c1ccc([O-])cc1)c1ccc(O)cc1.[K+]. The summed E-state index contributed by atoms with van der Waals surface area (Å²) in [5.74, 6) is 0.287. The van der Waals surface area contributed by atoms with Crippen molar-refractivity contribution in [3.63, 3.8) is 0 Å². The van der Waals surface area contributed by atoms with Gasteiger partial charge in [0.2, 0.25) is 0 Å². The first-order valence-electron chi connectivity index (χ1n) is 5.57. The Morgan fingerprint density at radius 1 is 0.833 bits per heavy atom. The second-order valence-electron chi connectivity index (χ2n) is 4.70. The van der Waals surface area contributed by atoms with Gasteiger partial charge in [-0.05, 0) is 23.3 Å². The van der Waals surface area contributed by atoms with Crippen molar-refractivity contribution in [1.29, 1.82) is 0 Å². The van der Waals surface area contributed by atoms with E-state index in [1.807, 2.05) is 24.3 Å². The third-order valence-electron chi connectivity index (χ3n) is 3.16. The van der Waals surface area contributed by atoms with Gasteiger partial charge < -0.3 is 10.2 Å². The molecule has 0 aliphatic rings. The predicted molar refractivity (Wildman–Crippen MR) is 66.1 cm³/mol. The molecule has 0 unspecified atom stereocenters. The zero-order chi connectivity index (χ0) is 12.5. The summed E-state index contributed by atoms with van der Waals surface area (Å²) in [4.78, 5) is 0. The van der Waals surface area contributed by atoms with Crippen LogP contribution in [0.25, 0.3) is 0 Å². The first kappa shape index (κ1) is 15.7. The van der Waals surface area contributed by atoms with Crippen LogP contribution in [0.3, 0.4) is 0 Å². The maximum absolute atomic E-state index is 11.1. The molecule has 2 rings (SSSR count). The summed E-state index contributed by atoms with van der Waals surface area (Å²) in [5, 5.41) is 20.4. The number of phenols is 1. The van der Waals surface area contributed by atoms with Crippen LogP contribution in [0, 0.1) is 0 Å². The largest absolute Gasteiger partial charge is 1.00 e. The quantitative estimate of drug-likeness (QED) is 0.765. The van der Waals surface area contributed by atoms with Gasteiger partial charge in [-0.25, -0.2) is 0 Å². The summed E-state index contributed by atoms with van der Waals surface area (Å²) < 4.78 is 0. The van der Waals surface area contributed by atoms with Gasteiger partial charge in [-0.1, -0.05) is 50.2 Å². The van der Waals surface area contributed by atoms with Crippen LogP contribution in [0.1, 0.15) is 25.0 Å². The smallest absolute Gasteiger partial charge is 0.872 e. The minimum absolute atomic E-state index is 0. The van der Waals surface area contributed by atoms with Gasteiger partial charge in [-0.2, -0.15) is 0 Å². The van der Waals surface area contributed by atoms with E-state index in [0.717, 1.165) is 11.1 Å². The van der Waals surface area contributed by atoms with E-state index in [-0.39, 0.29) is 68.3 Å². The summed E-state index contributed by atoms with van der Waals surface area (Å²) in [6, 6.07) is 14.0. The average molecular weight is 266 g/mol. The van der Waals surface area contributed by atoms with Crippen LogP contribution in [-0.2, 0) is 5.41 Å². The summed E-state index contributed by atoms with van der Waals surface area (Å²) in [6.07, 6.45) is 0. The van der Waals surface area contributed by atoms with Crippen molar-refractivity contribution < 1.29 is 61.6 Å². The molecule has 2 aromatic rings. The van der Waals surface area contributed by atoms with Crippen molar-refractivity contribution in [2.75, 3.05) is 0 Å². The molecule has 88 valence electrons. The number of benzene rings is 2. The summed E-state index contributed by atoms with van der Waals surface area (Å²) in [7, 11) is 0. The molecule has 0 aromatic heterocycles. The van der Waals surface area contributed by atoms with Crippen molar-refractivity contribution in [2.24, 2.45) is 0 Å². The Kier molecular flexibility index (Phi) is 5.43. The zero-order valence-corrected chi connectivity index (χ0v) is 14.1. The molecule has 0 fully saturated rings. The van der Waals surface area contributed by atoms with E-state index in [1.165, 1.54) is 0 Å². The Bertz CT molecular complexity index is 454. The molecule has 0 atom stereocenters. The van der Waals surface area contributed by atoms with E-state index in [2.05, 4.69) is 13.8 Å². The molecule has 2 aromatic carbocycles. The van der Waals surface area contributed by atoms with Crippen LogP contribution in [0.15, 0.2) is 48.5 Å². The number of hydrogen-bond donors (Lipinski definition) is 1. The monoisotopic (exact) mass is 266 g/mol. The molecule has 0 aliphatic carbocycles. The normalized spacial score (nSPS) is 10.8. The minimum Gasteiger partial charge on any atom is -0.872 e. The van der Waals surface area contributed by atoms with Crippen LogP contribution in [-0.4, -0.2) is 5.11 Å². The molecular weight excluding hydrogens is 251 g/mol. The van der Waals surface area contributed by atoms with E-state index in [9.17, 15) is 10.2 Å². The number of hydrogen-bond acceptors (Lipinski definition) is 2. The third kappa shape index (κ3) is 3.37. The van der Waals surface area contributed by atoms with Crippen molar-refractivity contribution in [3.05, 3.63) is 59.7 Å². The molecule has 18 heavy (non-hydrogen) atoms. The molecule has 3 heteroatoms. The van der Waals surface area contributed by atoms with Crippen molar-refractivity contribution in [2.45, 2.75) is 19.3 Å². The minimum atomic E-state index is -0.179. The van der Waals surface area contributed by atoms with Gasteiger partial charge in [0, 0.05) is 5.41 Å². The van der Waals surface area contributed by atoms with E-state index >= 15 is 0 Å². The summed E-state index contributed by atoms with van der Waals surface area (Å²) >= 11 is 0. The van der Waals surface area contributed by atoms with Gasteiger partial charge in [0.05, 0.1) is 0 Å². The van der Waals surface area contributed by atoms with Gasteiger partial charge in [0.25, 0.3) is 0 Å². The zero-order valence-electron chi connectivity index (χ0n) is 11.0. The van der Waals surface area contributed by atoms with Crippen LogP contribution in [0.4, 0.5) is 0 Å². The third-order valence-corrected chi connectivity index (χ3v) is 3.16. The van der Waals surface area contributed by atoms with Gasteiger partial charge in [-0.3, -0.25) is 0 Å². The number of aromatic hydroxyl groups is 1. The first-order chi connectivity index (χ1) is 8.00. The van der Waals surface area contributed by atoms with Gasteiger partial charge in [0.1, 0.15) is 5.75 Å². The van der Waals surface area contributed by atoms with Crippen molar-refractivity contribution >= 4 is 0 Å². The van der Waals surface area contributed by atoms with Gasteiger partial charge >= 0.3 is 51.4 Å². The molecule has 0 amide bonds. The Hall–Kier alpha value is -0.324. The fourth-order valence-electron chi connectivity index (χ4n) is 1.92. The maximum atomic E-state index is 11.1. The fourth-order valence-corrected chi connectivity index (χ4v) is 1.92. The van der Waals surface area contributed by atoms with Gasteiger partial charge in [0.15, 0.2) is 0 Å². The van der Waals surface area contributed by atoms with E-state index in [1.54, 1.807) is 24.3 Å². The molecular formula is C15H15KO2. The van der Waals surface area contributed by atoms with Crippen molar-refractivity contribution in [1.82, 2.24) is 0 Å². The van der Waals surface area contributed by atoms with Crippen molar-refractivity contribution in [3.8, 4) is 11.5 Å². The van der Waals surface area contributed by atoms with E-state index < -0.39 is 0 Å². The Labute approximate surface area is 150 Å². The number of phenolic OH excluding ortho intramolecular Hbond substituents is 1. The van der Waals surface area contributed by atoms with Crippen LogP contribution in [0.5, 0.6) is 11.5 Å². The molecule has 0 radical (unpaired) electrons. The molecule has 0 saturated carbocycles. The average Bonchev–Trinajstić information content (AvgIpc) is 2.30. The molecule has 1 N–H and O–H groups in total. The Morgan fingerprint density at radius 3 is 1.67 bits per heavy atom. The second-order valence-corrected chi connectivity index (χ2v) is 4.70. The molecule has 0 bridgehead atoms. The standard InChI is InChI=1S/C15H16O2.K/c1-15(2,11-3-7-13(16)8-4-11)12-5-9-14(17)10-6-12;/h3-10,16-17H,1-2H3;/q;+1/p-1. The Balaban J connectivity index is 0.00000162. The van der Waals surface area contributed by atoms with Crippen LogP contribution >= 0.6 is 0 Å². The summed E-state index contributed by atoms with van der Waals surface area (Å²) in [5.41, 5.74) is 2.01. The molecule has 0 aliphatic heterocycles. The predicted octanol–water partition coefficient (Wildman–Crippen LogP) is -0.204. The molecule has 0 spiro atoms.